The lowest BCUT2D eigenvalue weighted by Gasteiger charge is -2.13. The zero-order chi connectivity index (χ0) is 20.1. The smallest absolute Gasteiger partial charge is 0.229 e. The lowest BCUT2D eigenvalue weighted by atomic mass is 10.1. The Hall–Kier alpha value is -3.61. The van der Waals surface area contributed by atoms with Gasteiger partial charge in [0.1, 0.15) is 17.3 Å². The molecular formula is C21H22N4O3. The van der Waals surface area contributed by atoms with Crippen molar-refractivity contribution in [1.82, 2.24) is 9.97 Å². The van der Waals surface area contributed by atoms with Gasteiger partial charge in [-0.2, -0.15) is 4.98 Å². The number of aryl methyl sites for hydroxylation is 1. The van der Waals surface area contributed by atoms with Gasteiger partial charge in [-0.15, -0.1) is 0 Å². The minimum absolute atomic E-state index is 0.0318. The Balaban J connectivity index is 1.82. The van der Waals surface area contributed by atoms with Gasteiger partial charge in [0.2, 0.25) is 5.95 Å². The van der Waals surface area contributed by atoms with Crippen LogP contribution in [0.1, 0.15) is 23.0 Å². The first-order valence-corrected chi connectivity index (χ1v) is 8.71. The van der Waals surface area contributed by atoms with E-state index in [4.69, 9.17) is 9.47 Å². The molecule has 0 spiro atoms. The second-order valence-electron chi connectivity index (χ2n) is 6.17. The molecule has 0 aliphatic rings. The van der Waals surface area contributed by atoms with Crippen LogP contribution in [0.2, 0.25) is 0 Å². The van der Waals surface area contributed by atoms with Gasteiger partial charge in [-0.25, -0.2) is 4.98 Å². The molecule has 7 heteroatoms. The molecule has 144 valence electrons. The van der Waals surface area contributed by atoms with E-state index >= 15 is 0 Å². The minimum Gasteiger partial charge on any atom is -0.497 e. The van der Waals surface area contributed by atoms with Crippen LogP contribution in [0.25, 0.3) is 0 Å². The van der Waals surface area contributed by atoms with Gasteiger partial charge in [0.25, 0.3) is 0 Å². The highest BCUT2D eigenvalue weighted by Gasteiger charge is 2.09. The van der Waals surface area contributed by atoms with Crippen LogP contribution in [0, 0.1) is 6.92 Å². The van der Waals surface area contributed by atoms with Crippen molar-refractivity contribution >= 4 is 28.9 Å². The van der Waals surface area contributed by atoms with E-state index in [1.165, 1.54) is 0 Å². The number of benzene rings is 2. The summed E-state index contributed by atoms with van der Waals surface area (Å²) in [5.74, 6) is 2.43. The number of ketones is 1. The van der Waals surface area contributed by atoms with Crippen molar-refractivity contribution in [3.63, 3.8) is 0 Å². The van der Waals surface area contributed by atoms with E-state index in [2.05, 4.69) is 20.6 Å². The van der Waals surface area contributed by atoms with E-state index in [0.29, 0.717) is 28.8 Å². The summed E-state index contributed by atoms with van der Waals surface area (Å²) < 4.78 is 10.6. The number of methoxy groups -OCH3 is 2. The Morgan fingerprint density at radius 1 is 0.929 bits per heavy atom. The number of hydrogen-bond donors (Lipinski definition) is 2. The van der Waals surface area contributed by atoms with Crippen LogP contribution < -0.4 is 20.1 Å². The number of hydrogen-bond acceptors (Lipinski definition) is 7. The van der Waals surface area contributed by atoms with Crippen LogP contribution in [-0.2, 0) is 0 Å². The SMILES string of the molecule is COc1ccc(Nc2nc(C)cc(Nc3ccc(C(C)=O)cc3)n2)c(OC)c1. The van der Waals surface area contributed by atoms with E-state index in [9.17, 15) is 4.79 Å². The average Bonchev–Trinajstić information content (AvgIpc) is 2.68. The molecule has 0 bridgehead atoms. The molecule has 3 rings (SSSR count). The third kappa shape index (κ3) is 4.56. The summed E-state index contributed by atoms with van der Waals surface area (Å²) >= 11 is 0. The predicted octanol–water partition coefficient (Wildman–Crippen LogP) is 4.49. The molecule has 1 heterocycles. The van der Waals surface area contributed by atoms with Crippen LogP contribution >= 0.6 is 0 Å². The monoisotopic (exact) mass is 378 g/mol. The number of nitrogens with one attached hydrogen (secondary N) is 2. The van der Waals surface area contributed by atoms with E-state index < -0.39 is 0 Å². The van der Waals surface area contributed by atoms with Gasteiger partial charge in [-0.3, -0.25) is 4.79 Å². The van der Waals surface area contributed by atoms with E-state index in [0.717, 1.165) is 17.1 Å². The summed E-state index contributed by atoms with van der Waals surface area (Å²) in [6.07, 6.45) is 0. The largest absolute Gasteiger partial charge is 0.497 e. The lowest BCUT2D eigenvalue weighted by Crippen LogP contribution is -2.03. The Morgan fingerprint density at radius 2 is 1.68 bits per heavy atom. The normalized spacial score (nSPS) is 10.3. The third-order valence-electron chi connectivity index (χ3n) is 4.07. The molecular weight excluding hydrogens is 356 g/mol. The van der Waals surface area contributed by atoms with Crippen molar-refractivity contribution in [1.29, 1.82) is 0 Å². The van der Waals surface area contributed by atoms with Gasteiger partial charge in [0.15, 0.2) is 5.78 Å². The van der Waals surface area contributed by atoms with Crippen molar-refractivity contribution < 1.29 is 14.3 Å². The quantitative estimate of drug-likeness (QED) is 0.586. The fourth-order valence-corrected chi connectivity index (χ4v) is 2.65. The highest BCUT2D eigenvalue weighted by atomic mass is 16.5. The molecule has 28 heavy (non-hydrogen) atoms. The summed E-state index contributed by atoms with van der Waals surface area (Å²) in [6.45, 7) is 3.43. The van der Waals surface area contributed by atoms with Crippen LogP contribution in [0.5, 0.6) is 11.5 Å². The number of carbonyl (C=O) groups is 1. The van der Waals surface area contributed by atoms with Crippen molar-refractivity contribution in [2.45, 2.75) is 13.8 Å². The number of ether oxygens (including phenoxy) is 2. The van der Waals surface area contributed by atoms with Crippen molar-refractivity contribution in [2.24, 2.45) is 0 Å². The maximum atomic E-state index is 11.4. The molecule has 0 amide bonds. The third-order valence-corrected chi connectivity index (χ3v) is 4.07. The summed E-state index contributed by atoms with van der Waals surface area (Å²) in [6, 6.07) is 14.5. The second-order valence-corrected chi connectivity index (χ2v) is 6.17. The fraction of sp³-hybridized carbons (Fsp3) is 0.190. The van der Waals surface area contributed by atoms with E-state index in [1.54, 1.807) is 39.3 Å². The number of aromatic nitrogens is 2. The molecule has 0 saturated carbocycles. The number of carbonyl (C=O) groups excluding carboxylic acids is 1. The summed E-state index contributed by atoms with van der Waals surface area (Å²) in [5, 5.41) is 6.41. The Bertz CT molecular complexity index is 987. The van der Waals surface area contributed by atoms with Crippen LogP contribution in [0.3, 0.4) is 0 Å². The van der Waals surface area contributed by atoms with Crippen molar-refractivity contribution in [3.05, 3.63) is 59.8 Å². The Kier molecular flexibility index (Phi) is 5.74. The second kappa shape index (κ2) is 8.39. The standard InChI is InChI=1S/C21H22N4O3/c1-13-11-20(23-16-7-5-15(6-8-16)14(2)26)25-21(22-13)24-18-10-9-17(27-3)12-19(18)28-4/h5-12H,1-4H3,(H2,22,23,24,25). The molecule has 0 unspecified atom stereocenters. The molecule has 0 aliphatic heterocycles. The molecule has 0 fully saturated rings. The van der Waals surface area contributed by atoms with Gasteiger partial charge in [-0.1, -0.05) is 0 Å². The zero-order valence-corrected chi connectivity index (χ0v) is 16.2. The molecule has 2 aromatic carbocycles. The number of rotatable bonds is 7. The average molecular weight is 378 g/mol. The maximum absolute atomic E-state index is 11.4. The topological polar surface area (TPSA) is 85.4 Å². The molecule has 7 nitrogen and oxygen atoms in total. The highest BCUT2D eigenvalue weighted by Crippen LogP contribution is 2.31. The first-order chi connectivity index (χ1) is 13.5. The predicted molar refractivity (Wildman–Crippen MR) is 109 cm³/mol. The first-order valence-electron chi connectivity index (χ1n) is 8.71. The van der Waals surface area contributed by atoms with Gasteiger partial charge in [-0.05, 0) is 50.2 Å². The lowest BCUT2D eigenvalue weighted by molar-refractivity contribution is 0.101. The summed E-state index contributed by atoms with van der Waals surface area (Å²) in [7, 11) is 3.20. The van der Waals surface area contributed by atoms with Gasteiger partial charge >= 0.3 is 0 Å². The summed E-state index contributed by atoms with van der Waals surface area (Å²) in [4.78, 5) is 20.3. The molecule has 0 aliphatic carbocycles. The van der Waals surface area contributed by atoms with Crippen LogP contribution in [-0.4, -0.2) is 30.0 Å². The summed E-state index contributed by atoms with van der Waals surface area (Å²) in [5.41, 5.74) is 3.02. The van der Waals surface area contributed by atoms with Crippen molar-refractivity contribution in [3.8, 4) is 11.5 Å². The maximum Gasteiger partial charge on any atom is 0.229 e. The highest BCUT2D eigenvalue weighted by molar-refractivity contribution is 5.94. The molecule has 0 saturated heterocycles. The first kappa shape index (κ1) is 19.2. The molecule has 0 radical (unpaired) electrons. The molecule has 2 N–H and O–H groups in total. The fourth-order valence-electron chi connectivity index (χ4n) is 2.65. The van der Waals surface area contributed by atoms with Gasteiger partial charge < -0.3 is 20.1 Å². The van der Waals surface area contributed by atoms with Crippen molar-refractivity contribution in [2.75, 3.05) is 24.9 Å². The van der Waals surface area contributed by atoms with Gasteiger partial charge in [0.05, 0.1) is 19.9 Å². The zero-order valence-electron chi connectivity index (χ0n) is 16.2. The Morgan fingerprint density at radius 3 is 2.32 bits per heavy atom. The van der Waals surface area contributed by atoms with E-state index in [-0.39, 0.29) is 5.78 Å². The van der Waals surface area contributed by atoms with Gasteiger partial charge in [0, 0.05) is 29.1 Å². The number of Topliss-reactive ketones (excluding diaryl/α,β-unsaturated/α-hetero) is 1. The number of nitrogens with zero attached hydrogens (tertiary/aromatic N) is 2. The Labute approximate surface area is 163 Å². The molecule has 1 aromatic heterocycles. The minimum atomic E-state index is 0.0318. The molecule has 0 atom stereocenters. The number of anilines is 4. The molecule has 3 aromatic rings. The van der Waals surface area contributed by atoms with Crippen LogP contribution in [0.4, 0.5) is 23.1 Å². The van der Waals surface area contributed by atoms with E-state index in [1.807, 2.05) is 37.3 Å². The van der Waals surface area contributed by atoms with Crippen LogP contribution in [0.15, 0.2) is 48.5 Å².